The second-order valence-electron chi connectivity index (χ2n) is 8.80. The number of aromatic nitrogens is 2. The van der Waals surface area contributed by atoms with Crippen molar-refractivity contribution >= 4 is 46.7 Å². The predicted molar refractivity (Wildman–Crippen MR) is 149 cm³/mol. The van der Waals surface area contributed by atoms with Crippen molar-refractivity contribution in [3.8, 4) is 5.75 Å². The van der Waals surface area contributed by atoms with E-state index in [0.717, 1.165) is 11.8 Å². The van der Waals surface area contributed by atoms with Gasteiger partial charge in [0, 0.05) is 24.4 Å². The van der Waals surface area contributed by atoms with E-state index in [4.69, 9.17) is 20.2 Å². The van der Waals surface area contributed by atoms with Crippen LogP contribution in [-0.2, 0) is 20.9 Å². The molecule has 2 N–H and O–H groups in total. The number of carbonyl (C=O) groups is 3. The summed E-state index contributed by atoms with van der Waals surface area (Å²) in [7, 11) is 1.58. The van der Waals surface area contributed by atoms with Crippen molar-refractivity contribution in [3.63, 3.8) is 0 Å². The number of benzene rings is 3. The fourth-order valence-electron chi connectivity index (χ4n) is 4.30. The van der Waals surface area contributed by atoms with Crippen LogP contribution in [0.25, 0.3) is 0 Å². The average Bonchev–Trinajstić information content (AvgIpc) is 2.97. The van der Waals surface area contributed by atoms with E-state index >= 15 is 0 Å². The molecule has 1 aliphatic rings. The average molecular weight is 539 g/mol. The molecule has 3 aromatic carbocycles. The number of nitrogens with zero attached hydrogens (tertiary/aromatic N) is 5. The Morgan fingerprint density at radius 1 is 0.950 bits per heavy atom. The van der Waals surface area contributed by atoms with E-state index in [9.17, 15) is 14.4 Å². The van der Waals surface area contributed by atoms with Gasteiger partial charge in [0.25, 0.3) is 5.91 Å². The standard InChI is InChI=1S/C29H26N6O5/c1-19(36)40-25(30)27(37)35(23-11-7-4-8-12-23)28-31-17-20-18-33(21-13-15-24(39-2)16-14-21)29(38)34(26(20)32-28)22-9-5-3-6-10-22/h3-17,25H,18,30H2,1-2H3. The van der Waals surface area contributed by atoms with Crippen LogP contribution in [0, 0.1) is 0 Å². The van der Waals surface area contributed by atoms with Crippen LogP contribution in [0.3, 0.4) is 0 Å². The molecule has 0 saturated carbocycles. The summed E-state index contributed by atoms with van der Waals surface area (Å²) >= 11 is 0. The molecule has 1 aromatic heterocycles. The smallest absolute Gasteiger partial charge is 0.335 e. The van der Waals surface area contributed by atoms with E-state index < -0.39 is 18.1 Å². The molecule has 1 aliphatic heterocycles. The Hall–Kier alpha value is -5.29. The molecule has 0 spiro atoms. The highest BCUT2D eigenvalue weighted by Crippen LogP contribution is 2.37. The van der Waals surface area contributed by atoms with Crippen LogP contribution >= 0.6 is 0 Å². The van der Waals surface area contributed by atoms with Gasteiger partial charge in [-0.3, -0.25) is 20.2 Å². The summed E-state index contributed by atoms with van der Waals surface area (Å²) in [5.41, 5.74) is 8.19. The molecular weight excluding hydrogens is 512 g/mol. The molecule has 2 heterocycles. The summed E-state index contributed by atoms with van der Waals surface area (Å²) in [4.78, 5) is 52.3. The summed E-state index contributed by atoms with van der Waals surface area (Å²) in [5, 5.41) is 0. The Kier molecular flexibility index (Phi) is 7.38. The van der Waals surface area contributed by atoms with E-state index in [-0.39, 0.29) is 18.5 Å². The van der Waals surface area contributed by atoms with Crippen molar-refractivity contribution < 1.29 is 23.9 Å². The highest BCUT2D eigenvalue weighted by molar-refractivity contribution is 6.10. The van der Waals surface area contributed by atoms with Crippen LogP contribution in [0.4, 0.5) is 33.6 Å². The van der Waals surface area contributed by atoms with E-state index in [1.54, 1.807) is 84.9 Å². The van der Waals surface area contributed by atoms with Gasteiger partial charge in [0.2, 0.25) is 12.2 Å². The maximum Gasteiger partial charge on any atom is 0.335 e. The largest absolute Gasteiger partial charge is 0.497 e. The third kappa shape index (κ3) is 5.18. The number of methoxy groups -OCH3 is 1. The molecular formula is C29H26N6O5. The number of hydrogen-bond donors (Lipinski definition) is 1. The number of ether oxygens (including phenoxy) is 2. The van der Waals surface area contributed by atoms with Crippen molar-refractivity contribution in [2.24, 2.45) is 5.73 Å². The topological polar surface area (TPSA) is 131 Å². The van der Waals surface area contributed by atoms with Crippen LogP contribution in [0.15, 0.2) is 91.1 Å². The van der Waals surface area contributed by atoms with Gasteiger partial charge in [-0.05, 0) is 48.5 Å². The zero-order valence-corrected chi connectivity index (χ0v) is 21.8. The van der Waals surface area contributed by atoms with Crippen molar-refractivity contribution in [1.29, 1.82) is 0 Å². The summed E-state index contributed by atoms with van der Waals surface area (Å²) < 4.78 is 10.2. The first-order valence-electron chi connectivity index (χ1n) is 12.4. The molecule has 0 fully saturated rings. The first-order valence-corrected chi connectivity index (χ1v) is 12.4. The second kappa shape index (κ2) is 11.2. The zero-order valence-electron chi connectivity index (χ0n) is 21.8. The molecule has 0 bridgehead atoms. The fraction of sp³-hybridized carbons (Fsp3) is 0.138. The van der Waals surface area contributed by atoms with E-state index in [0.29, 0.717) is 34.2 Å². The first-order chi connectivity index (χ1) is 19.4. The third-order valence-corrected chi connectivity index (χ3v) is 6.16. The number of carbonyl (C=O) groups excluding carboxylic acids is 3. The van der Waals surface area contributed by atoms with E-state index in [1.165, 1.54) is 4.90 Å². The summed E-state index contributed by atoms with van der Waals surface area (Å²) in [6.07, 6.45) is -0.0216. The van der Waals surface area contributed by atoms with E-state index in [2.05, 4.69) is 4.98 Å². The Balaban J connectivity index is 1.62. The van der Waals surface area contributed by atoms with Gasteiger partial charge in [0.1, 0.15) is 5.75 Å². The first kappa shape index (κ1) is 26.3. The predicted octanol–water partition coefficient (Wildman–Crippen LogP) is 4.28. The molecule has 11 nitrogen and oxygen atoms in total. The molecule has 202 valence electrons. The molecule has 1 atom stereocenters. The van der Waals surface area contributed by atoms with Gasteiger partial charge in [-0.15, -0.1) is 0 Å². The van der Waals surface area contributed by atoms with Crippen molar-refractivity contribution in [3.05, 3.63) is 96.7 Å². The van der Waals surface area contributed by atoms with Crippen LogP contribution in [0.5, 0.6) is 5.75 Å². The summed E-state index contributed by atoms with van der Waals surface area (Å²) in [6.45, 7) is 1.35. The number of nitrogens with two attached hydrogens (primary N) is 1. The zero-order chi connectivity index (χ0) is 28.2. The lowest BCUT2D eigenvalue weighted by atomic mass is 10.1. The number of hydrogen-bond acceptors (Lipinski definition) is 8. The SMILES string of the molecule is COc1ccc(N2Cc3cnc(N(C(=O)C(N)OC(C)=O)c4ccccc4)nc3N(c3ccccc3)C2=O)cc1. The van der Waals surface area contributed by atoms with Gasteiger partial charge in [-0.25, -0.2) is 19.6 Å². The monoisotopic (exact) mass is 538 g/mol. The lowest BCUT2D eigenvalue weighted by Gasteiger charge is -2.36. The van der Waals surface area contributed by atoms with Crippen LogP contribution < -0.4 is 25.2 Å². The number of rotatable bonds is 7. The minimum absolute atomic E-state index is 0.0378. The van der Waals surface area contributed by atoms with Crippen LogP contribution in [0.2, 0.25) is 0 Å². The third-order valence-electron chi connectivity index (χ3n) is 6.16. The molecule has 1 unspecified atom stereocenters. The molecule has 3 amide bonds. The quantitative estimate of drug-likeness (QED) is 0.273. The minimum atomic E-state index is -1.59. The molecule has 0 saturated heterocycles. The molecule has 40 heavy (non-hydrogen) atoms. The number of esters is 1. The molecule has 4 aromatic rings. The Labute approximate surface area is 230 Å². The second-order valence-corrected chi connectivity index (χ2v) is 8.80. The number of amides is 3. The number of fused-ring (bicyclic) bond motifs is 1. The van der Waals surface area contributed by atoms with Crippen molar-refractivity contribution in [2.75, 3.05) is 21.8 Å². The fourth-order valence-corrected chi connectivity index (χ4v) is 4.30. The number of urea groups is 1. The van der Waals surface area contributed by atoms with Crippen LogP contribution in [-0.4, -0.2) is 41.2 Å². The lowest BCUT2D eigenvalue weighted by Crippen LogP contribution is -2.47. The molecule has 5 rings (SSSR count). The lowest BCUT2D eigenvalue weighted by molar-refractivity contribution is -0.152. The van der Waals surface area contributed by atoms with Gasteiger partial charge in [0.05, 0.1) is 25.0 Å². The highest BCUT2D eigenvalue weighted by Gasteiger charge is 2.36. The van der Waals surface area contributed by atoms with Gasteiger partial charge in [-0.1, -0.05) is 36.4 Å². The van der Waals surface area contributed by atoms with Gasteiger partial charge >= 0.3 is 12.0 Å². The van der Waals surface area contributed by atoms with E-state index in [1.807, 2.05) is 18.2 Å². The maximum absolute atomic E-state index is 14.0. The highest BCUT2D eigenvalue weighted by atomic mass is 16.6. The van der Waals surface area contributed by atoms with Gasteiger partial charge < -0.3 is 9.47 Å². The van der Waals surface area contributed by atoms with Crippen LogP contribution in [0.1, 0.15) is 12.5 Å². The van der Waals surface area contributed by atoms with Gasteiger partial charge in [-0.2, -0.15) is 4.98 Å². The van der Waals surface area contributed by atoms with Crippen molar-refractivity contribution in [1.82, 2.24) is 9.97 Å². The Morgan fingerprint density at radius 2 is 1.60 bits per heavy atom. The Morgan fingerprint density at radius 3 is 2.23 bits per heavy atom. The summed E-state index contributed by atoms with van der Waals surface area (Å²) in [6, 6.07) is 24.5. The number of para-hydroxylation sites is 2. The van der Waals surface area contributed by atoms with Crippen molar-refractivity contribution in [2.45, 2.75) is 19.7 Å². The maximum atomic E-state index is 14.0. The van der Waals surface area contributed by atoms with Gasteiger partial charge in [0.15, 0.2) is 5.82 Å². The molecule has 0 radical (unpaired) electrons. The Bertz CT molecular complexity index is 1530. The summed E-state index contributed by atoms with van der Waals surface area (Å²) in [5.74, 6) is -0.529. The number of anilines is 5. The normalized spacial score (nSPS) is 13.3. The minimum Gasteiger partial charge on any atom is -0.497 e. The molecule has 11 heteroatoms. The molecule has 0 aliphatic carbocycles.